The summed E-state index contributed by atoms with van der Waals surface area (Å²) >= 11 is 1.82. The van der Waals surface area contributed by atoms with Crippen LogP contribution in [0, 0.1) is 12.8 Å². The molecule has 2 atom stereocenters. The standard InChI is InChI=1S/C29H40N2O2S/c1-8-22-12-11-13-24(19-22)34-25-15-14-23(21(6)18-25)16-17-29(7)28(33-10-3)30-26(20(4)5)27(31-29)32-9-2/h11-15,18-20,26H,8-10,16-17H2,1-7H3/t26-,29+/m0/s1. The van der Waals surface area contributed by atoms with Crippen molar-refractivity contribution in [2.75, 3.05) is 13.2 Å². The molecule has 0 bridgehead atoms. The summed E-state index contributed by atoms with van der Waals surface area (Å²) in [5.74, 6) is 1.77. The molecule has 0 saturated heterocycles. The van der Waals surface area contributed by atoms with Crippen LogP contribution in [0.1, 0.15) is 64.7 Å². The van der Waals surface area contributed by atoms with E-state index in [1.165, 1.54) is 26.5 Å². The number of ether oxygens (including phenoxy) is 2. The van der Waals surface area contributed by atoms with E-state index in [1.807, 2.05) is 25.6 Å². The molecule has 0 radical (unpaired) electrons. The fourth-order valence-corrected chi connectivity index (χ4v) is 5.23. The van der Waals surface area contributed by atoms with Crippen molar-refractivity contribution in [2.24, 2.45) is 15.9 Å². The molecule has 34 heavy (non-hydrogen) atoms. The number of hydrogen-bond donors (Lipinski definition) is 0. The molecule has 5 heteroatoms. The predicted octanol–water partition coefficient (Wildman–Crippen LogP) is 7.31. The Labute approximate surface area is 210 Å². The van der Waals surface area contributed by atoms with E-state index in [9.17, 15) is 0 Å². The van der Waals surface area contributed by atoms with Crippen LogP contribution in [-0.2, 0) is 22.3 Å². The Kier molecular flexibility index (Phi) is 9.24. The van der Waals surface area contributed by atoms with E-state index in [0.29, 0.717) is 19.1 Å². The lowest BCUT2D eigenvalue weighted by Gasteiger charge is -2.34. The number of benzene rings is 2. The quantitative estimate of drug-likeness (QED) is 0.378. The van der Waals surface area contributed by atoms with E-state index >= 15 is 0 Å². The summed E-state index contributed by atoms with van der Waals surface area (Å²) in [6.07, 6.45) is 2.78. The summed E-state index contributed by atoms with van der Waals surface area (Å²) in [4.78, 5) is 12.6. The average molecular weight is 481 g/mol. The van der Waals surface area contributed by atoms with Crippen molar-refractivity contribution >= 4 is 23.6 Å². The minimum atomic E-state index is -0.521. The Balaban J connectivity index is 1.77. The highest BCUT2D eigenvalue weighted by Gasteiger charge is 2.40. The molecule has 2 aromatic carbocycles. The molecule has 0 fully saturated rings. The normalized spacial score (nSPS) is 20.2. The number of aliphatic imine (C=N–C) groups is 2. The van der Waals surface area contributed by atoms with Gasteiger partial charge in [0.1, 0.15) is 11.6 Å². The molecule has 3 rings (SSSR count). The summed E-state index contributed by atoms with van der Waals surface area (Å²) in [5.41, 5.74) is 3.49. The van der Waals surface area contributed by atoms with Crippen LogP contribution < -0.4 is 0 Å². The van der Waals surface area contributed by atoms with Crippen molar-refractivity contribution in [2.45, 2.75) is 89.1 Å². The van der Waals surface area contributed by atoms with Gasteiger partial charge in [-0.2, -0.15) is 0 Å². The highest BCUT2D eigenvalue weighted by molar-refractivity contribution is 7.99. The molecule has 0 saturated carbocycles. The summed E-state index contributed by atoms with van der Waals surface area (Å²) in [5, 5.41) is 0. The average Bonchev–Trinajstić information content (AvgIpc) is 2.80. The summed E-state index contributed by atoms with van der Waals surface area (Å²) in [6, 6.07) is 15.5. The Hall–Kier alpha value is -2.27. The second kappa shape index (κ2) is 11.9. The topological polar surface area (TPSA) is 43.2 Å². The van der Waals surface area contributed by atoms with Gasteiger partial charge in [-0.15, -0.1) is 0 Å². The highest BCUT2D eigenvalue weighted by Crippen LogP contribution is 2.32. The molecule has 1 aliphatic rings. The number of aryl methyl sites for hydroxylation is 3. The zero-order valence-electron chi connectivity index (χ0n) is 21.9. The second-order valence-electron chi connectivity index (χ2n) is 9.40. The van der Waals surface area contributed by atoms with E-state index < -0.39 is 5.54 Å². The first-order chi connectivity index (χ1) is 16.3. The van der Waals surface area contributed by atoms with Crippen LogP contribution >= 0.6 is 11.8 Å². The van der Waals surface area contributed by atoms with Gasteiger partial charge < -0.3 is 9.47 Å². The molecule has 0 aromatic heterocycles. The Morgan fingerprint density at radius 2 is 1.74 bits per heavy atom. The minimum Gasteiger partial charge on any atom is -0.480 e. The van der Waals surface area contributed by atoms with Crippen LogP contribution in [0.2, 0.25) is 0 Å². The van der Waals surface area contributed by atoms with Gasteiger partial charge in [0, 0.05) is 9.79 Å². The maximum Gasteiger partial charge on any atom is 0.212 e. The fraction of sp³-hybridized carbons (Fsp3) is 0.517. The van der Waals surface area contributed by atoms with Gasteiger partial charge in [0.25, 0.3) is 0 Å². The van der Waals surface area contributed by atoms with Crippen molar-refractivity contribution in [1.29, 1.82) is 0 Å². The molecular weight excluding hydrogens is 440 g/mol. The maximum absolute atomic E-state index is 6.01. The lowest BCUT2D eigenvalue weighted by atomic mass is 9.89. The minimum absolute atomic E-state index is 0.0844. The molecule has 0 unspecified atom stereocenters. The zero-order chi connectivity index (χ0) is 24.7. The van der Waals surface area contributed by atoms with Gasteiger partial charge in [0.15, 0.2) is 0 Å². The SMILES string of the molecule is CCOC1=N[C@](C)(CCc2ccc(Sc3cccc(CC)c3)cc2C)C(OCC)=N[C@H]1C(C)C. The third-order valence-corrected chi connectivity index (χ3v) is 7.25. The van der Waals surface area contributed by atoms with E-state index in [-0.39, 0.29) is 6.04 Å². The van der Waals surface area contributed by atoms with Crippen molar-refractivity contribution in [3.63, 3.8) is 0 Å². The summed E-state index contributed by atoms with van der Waals surface area (Å²) in [7, 11) is 0. The Morgan fingerprint density at radius 1 is 1.00 bits per heavy atom. The van der Waals surface area contributed by atoms with E-state index in [2.05, 4.69) is 77.1 Å². The van der Waals surface area contributed by atoms with Gasteiger partial charge in [-0.05, 0) is 93.8 Å². The molecule has 0 aliphatic carbocycles. The van der Waals surface area contributed by atoms with Gasteiger partial charge >= 0.3 is 0 Å². The van der Waals surface area contributed by atoms with Gasteiger partial charge in [-0.25, -0.2) is 9.98 Å². The lowest BCUT2D eigenvalue weighted by molar-refractivity contribution is 0.256. The van der Waals surface area contributed by atoms with Crippen molar-refractivity contribution < 1.29 is 9.47 Å². The summed E-state index contributed by atoms with van der Waals surface area (Å²) in [6.45, 7) is 16.0. The molecule has 1 aliphatic heterocycles. The molecule has 184 valence electrons. The monoisotopic (exact) mass is 480 g/mol. The molecule has 2 aromatic rings. The van der Waals surface area contributed by atoms with E-state index in [0.717, 1.165) is 31.1 Å². The van der Waals surface area contributed by atoms with Gasteiger partial charge in [0.05, 0.1) is 13.2 Å². The number of nitrogens with zero attached hydrogens (tertiary/aromatic N) is 2. The lowest BCUT2D eigenvalue weighted by Crippen LogP contribution is -2.45. The summed E-state index contributed by atoms with van der Waals surface area (Å²) < 4.78 is 11.9. The predicted molar refractivity (Wildman–Crippen MR) is 145 cm³/mol. The number of rotatable bonds is 9. The molecule has 0 N–H and O–H groups in total. The first kappa shape index (κ1) is 26.3. The molecule has 1 heterocycles. The van der Waals surface area contributed by atoms with E-state index in [4.69, 9.17) is 19.5 Å². The first-order valence-corrected chi connectivity index (χ1v) is 13.4. The fourth-order valence-electron chi connectivity index (χ4n) is 4.23. The van der Waals surface area contributed by atoms with Crippen LogP contribution in [0.5, 0.6) is 0 Å². The molecular formula is C29H40N2O2S. The first-order valence-electron chi connectivity index (χ1n) is 12.6. The Bertz CT molecular complexity index is 1030. The van der Waals surface area contributed by atoms with Gasteiger partial charge in [0.2, 0.25) is 11.8 Å². The van der Waals surface area contributed by atoms with Crippen LogP contribution in [0.15, 0.2) is 62.2 Å². The maximum atomic E-state index is 6.01. The van der Waals surface area contributed by atoms with Crippen LogP contribution in [0.4, 0.5) is 0 Å². The van der Waals surface area contributed by atoms with Gasteiger partial charge in [-0.1, -0.05) is 50.7 Å². The van der Waals surface area contributed by atoms with Crippen molar-refractivity contribution in [1.82, 2.24) is 0 Å². The smallest absolute Gasteiger partial charge is 0.212 e. The molecule has 0 amide bonds. The number of hydrogen-bond acceptors (Lipinski definition) is 5. The zero-order valence-corrected chi connectivity index (χ0v) is 22.7. The van der Waals surface area contributed by atoms with Gasteiger partial charge in [-0.3, -0.25) is 0 Å². The van der Waals surface area contributed by atoms with Crippen LogP contribution in [0.3, 0.4) is 0 Å². The van der Waals surface area contributed by atoms with Crippen molar-refractivity contribution in [3.8, 4) is 0 Å². The highest BCUT2D eigenvalue weighted by atomic mass is 32.2. The molecule has 4 nitrogen and oxygen atoms in total. The molecule has 0 spiro atoms. The van der Waals surface area contributed by atoms with E-state index in [1.54, 1.807) is 0 Å². The van der Waals surface area contributed by atoms with Crippen LogP contribution in [-0.4, -0.2) is 36.6 Å². The third kappa shape index (κ3) is 6.44. The largest absolute Gasteiger partial charge is 0.480 e. The second-order valence-corrected chi connectivity index (χ2v) is 10.6. The third-order valence-electron chi connectivity index (χ3n) is 6.27. The van der Waals surface area contributed by atoms with Crippen molar-refractivity contribution in [3.05, 3.63) is 59.2 Å². The Morgan fingerprint density at radius 3 is 2.38 bits per heavy atom. The van der Waals surface area contributed by atoms with Crippen LogP contribution in [0.25, 0.3) is 0 Å².